The third-order valence-electron chi connectivity index (χ3n) is 2.93. The van der Waals surface area contributed by atoms with Crippen LogP contribution in [0.2, 0.25) is 0 Å². The van der Waals surface area contributed by atoms with Crippen molar-refractivity contribution in [1.82, 2.24) is 0 Å². The van der Waals surface area contributed by atoms with Crippen LogP contribution in [0.3, 0.4) is 0 Å². The number of phenols is 1. The second-order valence-electron chi connectivity index (χ2n) is 4.31. The fourth-order valence-corrected chi connectivity index (χ4v) is 2.43. The van der Waals surface area contributed by atoms with Crippen LogP contribution in [-0.2, 0) is 6.42 Å². The summed E-state index contributed by atoms with van der Waals surface area (Å²) < 4.78 is 1.01. The lowest BCUT2D eigenvalue weighted by Gasteiger charge is -2.15. The highest BCUT2D eigenvalue weighted by Gasteiger charge is 2.12. The molecule has 2 rings (SSSR count). The lowest BCUT2D eigenvalue weighted by atomic mass is 9.93. The Hall–Kier alpha value is -1.32. The zero-order valence-electron chi connectivity index (χ0n) is 9.88. The number of benzene rings is 2. The first-order chi connectivity index (χ1) is 8.69. The molecule has 0 aliphatic carbocycles. The summed E-state index contributed by atoms with van der Waals surface area (Å²) in [7, 11) is 0. The summed E-state index contributed by atoms with van der Waals surface area (Å²) in [5.74, 6) is 0.308. The summed E-state index contributed by atoms with van der Waals surface area (Å²) in [5.41, 5.74) is 2.12. The molecule has 2 N–H and O–H groups in total. The molecule has 0 saturated heterocycles. The lowest BCUT2D eigenvalue weighted by molar-refractivity contribution is 0.264. The molecule has 1 atom stereocenters. The van der Waals surface area contributed by atoms with Crippen LogP contribution in [0.15, 0.2) is 53.0 Å². The molecule has 0 aliphatic rings. The highest BCUT2D eigenvalue weighted by molar-refractivity contribution is 9.10. The van der Waals surface area contributed by atoms with E-state index in [0.29, 0.717) is 6.42 Å². The van der Waals surface area contributed by atoms with Crippen molar-refractivity contribution >= 4 is 15.9 Å². The van der Waals surface area contributed by atoms with E-state index >= 15 is 0 Å². The van der Waals surface area contributed by atoms with Gasteiger partial charge in [-0.2, -0.15) is 0 Å². The Bertz CT molecular complexity index is 525. The summed E-state index contributed by atoms with van der Waals surface area (Å²) in [4.78, 5) is 0. The van der Waals surface area contributed by atoms with E-state index in [9.17, 15) is 10.2 Å². The Morgan fingerprint density at radius 1 is 1.06 bits per heavy atom. The van der Waals surface area contributed by atoms with E-state index in [1.54, 1.807) is 12.1 Å². The minimum Gasteiger partial charge on any atom is -0.508 e. The summed E-state index contributed by atoms with van der Waals surface area (Å²) in [6.07, 6.45) is 0.710. The zero-order valence-corrected chi connectivity index (χ0v) is 11.5. The quantitative estimate of drug-likeness (QED) is 0.908. The normalized spacial score (nSPS) is 12.3. The van der Waals surface area contributed by atoms with Gasteiger partial charge in [0.2, 0.25) is 0 Å². The average Bonchev–Trinajstić information content (AvgIpc) is 2.36. The van der Waals surface area contributed by atoms with Gasteiger partial charge in [-0.3, -0.25) is 0 Å². The van der Waals surface area contributed by atoms with E-state index in [-0.39, 0.29) is 18.3 Å². The van der Waals surface area contributed by atoms with Gasteiger partial charge in [0.05, 0.1) is 6.61 Å². The first-order valence-electron chi connectivity index (χ1n) is 5.83. The Morgan fingerprint density at radius 3 is 2.50 bits per heavy atom. The Balaban J connectivity index is 2.19. The van der Waals surface area contributed by atoms with Crippen molar-refractivity contribution in [2.45, 2.75) is 12.3 Å². The van der Waals surface area contributed by atoms with Crippen LogP contribution in [0, 0.1) is 0 Å². The molecule has 3 heteroatoms. The second-order valence-corrected chi connectivity index (χ2v) is 5.22. The van der Waals surface area contributed by atoms with E-state index in [4.69, 9.17) is 0 Å². The van der Waals surface area contributed by atoms with Gasteiger partial charge in [-0.15, -0.1) is 0 Å². The monoisotopic (exact) mass is 306 g/mol. The number of hydrogen-bond donors (Lipinski definition) is 2. The van der Waals surface area contributed by atoms with Crippen LogP contribution in [0.1, 0.15) is 17.0 Å². The summed E-state index contributed by atoms with van der Waals surface area (Å²) in [6.45, 7) is 0.0894. The van der Waals surface area contributed by atoms with Crippen molar-refractivity contribution in [3.8, 4) is 5.75 Å². The highest BCUT2D eigenvalue weighted by atomic mass is 79.9. The summed E-state index contributed by atoms with van der Waals surface area (Å²) in [6, 6.07) is 15.1. The fourth-order valence-electron chi connectivity index (χ4n) is 2.02. The van der Waals surface area contributed by atoms with Crippen molar-refractivity contribution in [2.75, 3.05) is 6.61 Å². The number of rotatable bonds is 4. The van der Waals surface area contributed by atoms with Crippen LogP contribution in [0.25, 0.3) is 0 Å². The van der Waals surface area contributed by atoms with Crippen LogP contribution in [-0.4, -0.2) is 16.8 Å². The number of phenolic OH excluding ortho intramolecular Hbond substituents is 1. The molecule has 0 aliphatic heterocycles. The van der Waals surface area contributed by atoms with Crippen LogP contribution in [0.4, 0.5) is 0 Å². The van der Waals surface area contributed by atoms with E-state index < -0.39 is 0 Å². The molecule has 18 heavy (non-hydrogen) atoms. The van der Waals surface area contributed by atoms with Crippen molar-refractivity contribution in [3.05, 3.63) is 64.1 Å². The van der Waals surface area contributed by atoms with E-state index in [1.165, 1.54) is 0 Å². The molecule has 1 unspecified atom stereocenters. The molecule has 2 aromatic rings. The van der Waals surface area contributed by atoms with Crippen molar-refractivity contribution in [3.63, 3.8) is 0 Å². The minimum atomic E-state index is 0.0456. The van der Waals surface area contributed by atoms with E-state index in [2.05, 4.69) is 15.9 Å². The standard InChI is InChI=1S/C15H15BrO2/c16-14-5-2-4-12(9-14)13(10-17)7-11-3-1-6-15(18)8-11/h1-6,8-9,13,17-18H,7,10H2. The summed E-state index contributed by atoms with van der Waals surface area (Å²) in [5, 5.41) is 19.0. The number of hydrogen-bond acceptors (Lipinski definition) is 2. The van der Waals surface area contributed by atoms with Crippen molar-refractivity contribution in [1.29, 1.82) is 0 Å². The van der Waals surface area contributed by atoms with Gasteiger partial charge in [0, 0.05) is 10.4 Å². The Morgan fingerprint density at radius 2 is 1.83 bits per heavy atom. The maximum atomic E-state index is 9.52. The third kappa shape index (κ3) is 3.34. The molecule has 0 heterocycles. The number of aromatic hydroxyl groups is 1. The number of halogens is 1. The molecule has 2 aromatic carbocycles. The summed E-state index contributed by atoms with van der Waals surface area (Å²) >= 11 is 3.44. The van der Waals surface area contributed by atoms with E-state index in [0.717, 1.165) is 15.6 Å². The largest absolute Gasteiger partial charge is 0.508 e. The van der Waals surface area contributed by atoms with Gasteiger partial charge in [0.25, 0.3) is 0 Å². The minimum absolute atomic E-state index is 0.0456. The Kier molecular flexibility index (Phi) is 4.39. The van der Waals surface area contributed by atoms with E-state index in [1.807, 2.05) is 36.4 Å². The van der Waals surface area contributed by atoms with Gasteiger partial charge in [0.15, 0.2) is 0 Å². The van der Waals surface area contributed by atoms with Crippen molar-refractivity contribution < 1.29 is 10.2 Å². The van der Waals surface area contributed by atoms with Crippen molar-refractivity contribution in [2.24, 2.45) is 0 Å². The topological polar surface area (TPSA) is 40.5 Å². The van der Waals surface area contributed by atoms with Crippen LogP contribution >= 0.6 is 15.9 Å². The average molecular weight is 307 g/mol. The molecule has 0 fully saturated rings. The predicted octanol–water partition coefficient (Wildman–Crippen LogP) is 3.47. The van der Waals surface area contributed by atoms with Gasteiger partial charge in [-0.1, -0.05) is 40.2 Å². The third-order valence-corrected chi connectivity index (χ3v) is 3.43. The number of aliphatic hydroxyl groups excluding tert-OH is 1. The maximum Gasteiger partial charge on any atom is 0.115 e. The van der Waals surface area contributed by atoms with Crippen LogP contribution in [0.5, 0.6) is 5.75 Å². The molecule has 0 bridgehead atoms. The second kappa shape index (κ2) is 6.03. The van der Waals surface area contributed by atoms with Crippen LogP contribution < -0.4 is 0 Å². The Labute approximate surface area is 115 Å². The molecular formula is C15H15BrO2. The maximum absolute atomic E-state index is 9.52. The first-order valence-corrected chi connectivity index (χ1v) is 6.62. The SMILES string of the molecule is OCC(Cc1cccc(O)c1)c1cccc(Br)c1. The molecule has 0 radical (unpaired) electrons. The highest BCUT2D eigenvalue weighted by Crippen LogP contribution is 2.24. The molecule has 0 spiro atoms. The predicted molar refractivity (Wildman–Crippen MR) is 75.8 cm³/mol. The van der Waals surface area contributed by atoms with Gasteiger partial charge in [0.1, 0.15) is 5.75 Å². The lowest BCUT2D eigenvalue weighted by Crippen LogP contribution is -2.07. The molecular weight excluding hydrogens is 292 g/mol. The smallest absolute Gasteiger partial charge is 0.115 e. The van der Waals surface area contributed by atoms with Gasteiger partial charge in [-0.05, 0) is 41.8 Å². The fraction of sp³-hybridized carbons (Fsp3) is 0.200. The van der Waals surface area contributed by atoms with Gasteiger partial charge in [-0.25, -0.2) is 0 Å². The first kappa shape index (κ1) is 13.1. The number of aliphatic hydroxyl groups is 1. The molecule has 0 amide bonds. The molecule has 2 nitrogen and oxygen atoms in total. The van der Waals surface area contributed by atoms with Gasteiger partial charge >= 0.3 is 0 Å². The zero-order chi connectivity index (χ0) is 13.0. The molecule has 94 valence electrons. The molecule has 0 saturated carbocycles. The van der Waals surface area contributed by atoms with Gasteiger partial charge < -0.3 is 10.2 Å². The molecule has 0 aromatic heterocycles.